The van der Waals surface area contributed by atoms with Gasteiger partial charge in [0, 0.05) is 6.54 Å². The Kier molecular flexibility index (Phi) is 7.09. The van der Waals surface area contributed by atoms with E-state index in [-0.39, 0.29) is 6.54 Å². The van der Waals surface area contributed by atoms with Crippen LogP contribution in [0.3, 0.4) is 0 Å². The highest BCUT2D eigenvalue weighted by Gasteiger charge is 2.44. The molecule has 0 bridgehead atoms. The summed E-state index contributed by atoms with van der Waals surface area (Å²) in [7, 11) is 0. The van der Waals surface area contributed by atoms with Gasteiger partial charge in [-0.25, -0.2) is 0 Å². The molecule has 1 aromatic rings. The molecular weight excluding hydrogens is 366 g/mol. The molecule has 154 valence electrons. The Balaban J connectivity index is 2.17. The standard InChI is InChI=1S/C24H29NO4/c26-21-15-9-8-13-19-12-6-3-1-2-4-7-14-20(19)22(27)24(29,23(21)28)18-25-16-10-5-11-17-25/h1-4,6-9,12-15,22,26-29H,5,10-11,16-18H2. The Morgan fingerprint density at radius 1 is 0.862 bits per heavy atom. The summed E-state index contributed by atoms with van der Waals surface area (Å²) in [5.74, 6) is -1.08. The summed E-state index contributed by atoms with van der Waals surface area (Å²) in [4.78, 5) is 2.02. The van der Waals surface area contributed by atoms with Crippen molar-refractivity contribution in [3.63, 3.8) is 0 Å². The fraction of sp³-hybridized carbons (Fsp3) is 0.333. The van der Waals surface area contributed by atoms with Crippen LogP contribution in [0.5, 0.6) is 0 Å². The zero-order valence-corrected chi connectivity index (χ0v) is 16.5. The van der Waals surface area contributed by atoms with Crippen molar-refractivity contribution in [1.82, 2.24) is 4.90 Å². The molecule has 29 heavy (non-hydrogen) atoms. The Labute approximate surface area is 171 Å². The van der Waals surface area contributed by atoms with Crippen LogP contribution >= 0.6 is 0 Å². The number of aliphatic hydroxyl groups is 4. The lowest BCUT2D eigenvalue weighted by molar-refractivity contribution is -0.0954. The lowest BCUT2D eigenvalue weighted by Crippen LogP contribution is -2.50. The number of likely N-dealkylation sites (tertiary alicyclic amines) is 1. The summed E-state index contributed by atoms with van der Waals surface area (Å²) in [5, 5.41) is 43.9. The van der Waals surface area contributed by atoms with E-state index in [1.54, 1.807) is 30.4 Å². The van der Waals surface area contributed by atoms with Gasteiger partial charge in [-0.3, -0.25) is 4.90 Å². The molecule has 0 spiro atoms. The van der Waals surface area contributed by atoms with Gasteiger partial charge in [-0.1, -0.05) is 73.2 Å². The fourth-order valence-electron chi connectivity index (χ4n) is 3.78. The molecule has 0 saturated carbocycles. The number of aliphatic hydroxyl groups excluding tert-OH is 3. The predicted molar refractivity (Wildman–Crippen MR) is 115 cm³/mol. The lowest BCUT2D eigenvalue weighted by Gasteiger charge is -2.39. The van der Waals surface area contributed by atoms with Gasteiger partial charge in [0.1, 0.15) is 6.10 Å². The molecule has 2 atom stereocenters. The Morgan fingerprint density at radius 2 is 1.48 bits per heavy atom. The first-order valence-electron chi connectivity index (χ1n) is 10.0. The highest BCUT2D eigenvalue weighted by molar-refractivity contribution is 5.56. The molecule has 1 heterocycles. The van der Waals surface area contributed by atoms with E-state index in [9.17, 15) is 20.4 Å². The molecule has 2 unspecified atom stereocenters. The van der Waals surface area contributed by atoms with Crippen molar-refractivity contribution in [2.24, 2.45) is 0 Å². The van der Waals surface area contributed by atoms with Crippen molar-refractivity contribution in [2.45, 2.75) is 31.0 Å². The van der Waals surface area contributed by atoms with Crippen LogP contribution in [0.15, 0.2) is 78.3 Å². The molecule has 1 aromatic carbocycles. The first kappa shape index (κ1) is 21.1. The van der Waals surface area contributed by atoms with Crippen molar-refractivity contribution in [2.75, 3.05) is 19.6 Å². The summed E-state index contributed by atoms with van der Waals surface area (Å²) in [6.45, 7) is 1.56. The van der Waals surface area contributed by atoms with Crippen LogP contribution in [0.4, 0.5) is 0 Å². The van der Waals surface area contributed by atoms with E-state index in [1.807, 2.05) is 41.3 Å². The van der Waals surface area contributed by atoms with Crippen LogP contribution in [-0.4, -0.2) is 50.6 Å². The summed E-state index contributed by atoms with van der Waals surface area (Å²) in [5.41, 5.74) is -0.907. The Bertz CT molecular complexity index is 853. The first-order valence-corrected chi connectivity index (χ1v) is 10.0. The van der Waals surface area contributed by atoms with E-state index < -0.39 is 23.2 Å². The number of hydrogen-bond donors (Lipinski definition) is 4. The third kappa shape index (κ3) is 5.07. The second kappa shape index (κ2) is 9.74. The highest BCUT2D eigenvalue weighted by Crippen LogP contribution is 2.36. The first-order chi connectivity index (χ1) is 14.0. The van der Waals surface area contributed by atoms with E-state index in [1.165, 1.54) is 6.08 Å². The van der Waals surface area contributed by atoms with Gasteiger partial charge in [-0.05, 0) is 43.1 Å². The third-order valence-corrected chi connectivity index (χ3v) is 5.39. The molecule has 1 aliphatic heterocycles. The van der Waals surface area contributed by atoms with Gasteiger partial charge in [0.2, 0.25) is 0 Å². The van der Waals surface area contributed by atoms with Crippen LogP contribution in [-0.2, 0) is 0 Å². The van der Waals surface area contributed by atoms with Crippen LogP contribution in [0.1, 0.15) is 36.5 Å². The molecule has 0 radical (unpaired) electrons. The normalized spacial score (nSPS) is 25.2. The predicted octanol–water partition coefficient (Wildman–Crippen LogP) is 3.97. The molecule has 0 aromatic heterocycles. The molecule has 1 fully saturated rings. The third-order valence-electron chi connectivity index (χ3n) is 5.39. The second-order valence-corrected chi connectivity index (χ2v) is 7.51. The van der Waals surface area contributed by atoms with Crippen LogP contribution in [0, 0.1) is 0 Å². The second-order valence-electron chi connectivity index (χ2n) is 7.51. The van der Waals surface area contributed by atoms with E-state index in [2.05, 4.69) is 0 Å². The maximum atomic E-state index is 11.5. The fourth-order valence-corrected chi connectivity index (χ4v) is 3.78. The zero-order chi connectivity index (χ0) is 20.7. The maximum absolute atomic E-state index is 11.5. The van der Waals surface area contributed by atoms with E-state index in [4.69, 9.17) is 0 Å². The van der Waals surface area contributed by atoms with Gasteiger partial charge < -0.3 is 20.4 Å². The number of allylic oxidation sites excluding steroid dienone is 3. The van der Waals surface area contributed by atoms with E-state index in [0.29, 0.717) is 11.1 Å². The number of fused-ring (bicyclic) bond motifs is 1. The van der Waals surface area contributed by atoms with Crippen molar-refractivity contribution in [1.29, 1.82) is 0 Å². The SMILES string of the molecule is OC1=C(O)C(O)(CN2CCCCC2)C(O)c2ccccccccc2C=CC=C1. The topological polar surface area (TPSA) is 84.2 Å². The Morgan fingerprint density at radius 3 is 2.21 bits per heavy atom. The average molecular weight is 395 g/mol. The van der Waals surface area contributed by atoms with Gasteiger partial charge in [0.15, 0.2) is 17.1 Å². The Hall–Kier alpha value is -2.60. The number of piperidine rings is 1. The molecule has 3 rings (SSSR count). The number of β-amino-alcohol motifs (C(OH)–C–C–N with tert-alkyl or cyclic N) is 1. The number of hydrogen-bond acceptors (Lipinski definition) is 5. The maximum Gasteiger partial charge on any atom is 0.170 e. The van der Waals surface area contributed by atoms with Gasteiger partial charge in [-0.2, -0.15) is 0 Å². The minimum Gasteiger partial charge on any atom is -0.506 e. The minimum absolute atomic E-state index is 0.0195. The highest BCUT2D eigenvalue weighted by atomic mass is 16.4. The van der Waals surface area contributed by atoms with Gasteiger partial charge in [0.25, 0.3) is 0 Å². The molecule has 4 N–H and O–H groups in total. The molecule has 1 aliphatic carbocycles. The molecular formula is C24H29NO4. The molecule has 5 heteroatoms. The van der Waals surface area contributed by atoms with E-state index >= 15 is 0 Å². The number of nitrogens with zero attached hydrogens (tertiary/aromatic N) is 1. The summed E-state index contributed by atoms with van der Waals surface area (Å²) in [6.07, 6.45) is 8.08. The van der Waals surface area contributed by atoms with Crippen LogP contribution in [0.25, 0.3) is 6.08 Å². The van der Waals surface area contributed by atoms with Crippen molar-refractivity contribution in [3.8, 4) is 0 Å². The molecule has 2 aliphatic rings. The largest absolute Gasteiger partial charge is 0.506 e. The smallest absolute Gasteiger partial charge is 0.170 e. The lowest BCUT2D eigenvalue weighted by atomic mass is 9.85. The van der Waals surface area contributed by atoms with E-state index in [0.717, 1.165) is 32.4 Å². The summed E-state index contributed by atoms with van der Waals surface area (Å²) >= 11 is 0. The molecule has 1 saturated heterocycles. The zero-order valence-electron chi connectivity index (χ0n) is 16.5. The van der Waals surface area contributed by atoms with Gasteiger partial charge in [-0.15, -0.1) is 0 Å². The van der Waals surface area contributed by atoms with Crippen LogP contribution < -0.4 is 0 Å². The molecule has 0 amide bonds. The molecule has 5 nitrogen and oxygen atoms in total. The minimum atomic E-state index is -2.06. The van der Waals surface area contributed by atoms with Crippen molar-refractivity contribution >= 4 is 6.08 Å². The quantitative estimate of drug-likeness (QED) is 0.609. The van der Waals surface area contributed by atoms with Crippen LogP contribution in [0.2, 0.25) is 0 Å². The van der Waals surface area contributed by atoms with Crippen molar-refractivity contribution < 1.29 is 20.4 Å². The van der Waals surface area contributed by atoms with Gasteiger partial charge >= 0.3 is 0 Å². The van der Waals surface area contributed by atoms with Crippen molar-refractivity contribution in [3.05, 3.63) is 89.4 Å². The monoisotopic (exact) mass is 395 g/mol. The number of rotatable bonds is 2. The summed E-state index contributed by atoms with van der Waals surface area (Å²) in [6, 6.07) is 14.6. The summed E-state index contributed by atoms with van der Waals surface area (Å²) < 4.78 is 0. The average Bonchev–Trinajstić information content (AvgIpc) is 2.74. The van der Waals surface area contributed by atoms with Gasteiger partial charge in [0.05, 0.1) is 0 Å².